The number of likely N-dealkylation sites (tertiary alicyclic amines) is 1. The van der Waals surface area contributed by atoms with Gasteiger partial charge >= 0.3 is 0 Å². The van der Waals surface area contributed by atoms with Crippen LogP contribution in [-0.2, 0) is 11.2 Å². The van der Waals surface area contributed by atoms with Crippen LogP contribution in [0.1, 0.15) is 52.1 Å². The van der Waals surface area contributed by atoms with E-state index in [2.05, 4.69) is 53.8 Å². The van der Waals surface area contributed by atoms with Gasteiger partial charge in [0.2, 0.25) is 0 Å². The smallest absolute Gasteiger partial charge is 0.159 e. The highest BCUT2D eigenvalue weighted by molar-refractivity contribution is 5.74. The summed E-state index contributed by atoms with van der Waals surface area (Å²) in [5, 5.41) is 1.11. The lowest BCUT2D eigenvalue weighted by atomic mass is 10.1. The molecule has 1 aliphatic heterocycles. The average Bonchev–Trinajstić information content (AvgIpc) is 3.07. The van der Waals surface area contributed by atoms with Crippen molar-refractivity contribution in [3.8, 4) is 0 Å². The van der Waals surface area contributed by atoms with Crippen LogP contribution < -0.4 is 0 Å². The second kappa shape index (κ2) is 8.24. The molecule has 136 valence electrons. The molecule has 4 heteroatoms. The van der Waals surface area contributed by atoms with E-state index in [0.717, 1.165) is 55.7 Å². The van der Waals surface area contributed by atoms with E-state index in [1.54, 1.807) is 6.20 Å². The van der Waals surface area contributed by atoms with Gasteiger partial charge in [-0.05, 0) is 70.7 Å². The quantitative estimate of drug-likeness (QED) is 0.706. The summed E-state index contributed by atoms with van der Waals surface area (Å²) in [6.45, 7) is 9.98. The van der Waals surface area contributed by atoms with Crippen molar-refractivity contribution in [2.45, 2.75) is 64.5 Å². The monoisotopic (exact) mass is 341 g/mol. The first kappa shape index (κ1) is 18.3. The predicted molar refractivity (Wildman–Crippen MR) is 103 cm³/mol. The van der Waals surface area contributed by atoms with Gasteiger partial charge in [-0.1, -0.05) is 6.42 Å². The van der Waals surface area contributed by atoms with Crippen LogP contribution in [0.2, 0.25) is 0 Å². The van der Waals surface area contributed by atoms with Crippen LogP contribution in [0.4, 0.5) is 0 Å². The zero-order chi connectivity index (χ0) is 17.7. The van der Waals surface area contributed by atoms with E-state index in [-0.39, 0.29) is 5.54 Å². The van der Waals surface area contributed by atoms with Gasteiger partial charge < -0.3 is 4.74 Å². The summed E-state index contributed by atoms with van der Waals surface area (Å²) >= 11 is 0. The molecule has 1 saturated heterocycles. The summed E-state index contributed by atoms with van der Waals surface area (Å²) in [5.74, 6) is 0. The minimum Gasteiger partial charge on any atom is -0.377 e. The molecule has 0 aromatic carbocycles. The molecule has 0 spiro atoms. The van der Waals surface area contributed by atoms with Crippen LogP contribution in [0.3, 0.4) is 0 Å². The van der Waals surface area contributed by atoms with Gasteiger partial charge in [0.15, 0.2) is 5.65 Å². The standard InChI is InChI=1S/C21H31N3O/c1-21(2,3)24-14-12-19(16-24)25-15-6-4-5-9-18-11-10-17-8-7-13-22-20(17)23-18/h7-8,10-11,13,19H,4-6,9,12,14-16H2,1-3H3. The summed E-state index contributed by atoms with van der Waals surface area (Å²) in [5.41, 5.74) is 2.26. The summed E-state index contributed by atoms with van der Waals surface area (Å²) in [6.07, 6.45) is 7.91. The van der Waals surface area contributed by atoms with Crippen molar-refractivity contribution in [3.05, 3.63) is 36.2 Å². The van der Waals surface area contributed by atoms with Crippen molar-refractivity contribution >= 4 is 11.0 Å². The number of fused-ring (bicyclic) bond motifs is 1. The van der Waals surface area contributed by atoms with Crippen LogP contribution in [-0.4, -0.2) is 46.2 Å². The third-order valence-corrected chi connectivity index (χ3v) is 5.05. The molecule has 0 saturated carbocycles. The maximum absolute atomic E-state index is 6.07. The van der Waals surface area contributed by atoms with Gasteiger partial charge in [0.05, 0.1) is 6.10 Å². The third-order valence-electron chi connectivity index (χ3n) is 5.05. The van der Waals surface area contributed by atoms with Crippen molar-refractivity contribution in [3.63, 3.8) is 0 Å². The van der Waals surface area contributed by atoms with Gasteiger partial charge in [0.1, 0.15) is 0 Å². The number of ether oxygens (including phenoxy) is 1. The van der Waals surface area contributed by atoms with Crippen molar-refractivity contribution in [2.24, 2.45) is 0 Å². The molecule has 0 amide bonds. The van der Waals surface area contributed by atoms with Crippen LogP contribution >= 0.6 is 0 Å². The Kier molecular flexibility index (Phi) is 6.02. The van der Waals surface area contributed by atoms with Crippen LogP contribution in [0, 0.1) is 0 Å². The Morgan fingerprint density at radius 3 is 2.84 bits per heavy atom. The Labute approximate surface area is 151 Å². The molecular weight excluding hydrogens is 310 g/mol. The first-order valence-electron chi connectivity index (χ1n) is 9.60. The Balaban J connectivity index is 1.31. The first-order chi connectivity index (χ1) is 12.0. The molecule has 2 aromatic heterocycles. The van der Waals surface area contributed by atoms with E-state index < -0.39 is 0 Å². The molecule has 4 nitrogen and oxygen atoms in total. The number of hydrogen-bond donors (Lipinski definition) is 0. The molecule has 25 heavy (non-hydrogen) atoms. The van der Waals surface area contributed by atoms with E-state index in [9.17, 15) is 0 Å². The SMILES string of the molecule is CC(C)(C)N1CCC(OCCCCCc2ccc3cccnc3n2)C1. The number of unbranched alkanes of at least 4 members (excludes halogenated alkanes) is 2. The normalized spacial score (nSPS) is 18.9. The van der Waals surface area contributed by atoms with Crippen molar-refractivity contribution < 1.29 is 4.74 Å². The number of rotatable bonds is 7. The zero-order valence-electron chi connectivity index (χ0n) is 15.9. The molecule has 0 radical (unpaired) electrons. The van der Waals surface area contributed by atoms with E-state index in [1.165, 1.54) is 12.8 Å². The minimum absolute atomic E-state index is 0.264. The van der Waals surface area contributed by atoms with Crippen molar-refractivity contribution in [1.29, 1.82) is 0 Å². The summed E-state index contributed by atoms with van der Waals surface area (Å²) in [7, 11) is 0. The molecule has 1 atom stereocenters. The number of hydrogen-bond acceptors (Lipinski definition) is 4. The topological polar surface area (TPSA) is 38.2 Å². The summed E-state index contributed by atoms with van der Waals surface area (Å²) < 4.78 is 6.07. The number of aromatic nitrogens is 2. The van der Waals surface area contributed by atoms with Crippen molar-refractivity contribution in [2.75, 3.05) is 19.7 Å². The lowest BCUT2D eigenvalue weighted by Crippen LogP contribution is -2.40. The summed E-state index contributed by atoms with van der Waals surface area (Å²) in [6, 6.07) is 8.25. The van der Waals surface area contributed by atoms with Gasteiger partial charge in [0, 0.05) is 42.5 Å². The molecule has 1 aliphatic rings. The van der Waals surface area contributed by atoms with E-state index in [0.29, 0.717) is 6.10 Å². The minimum atomic E-state index is 0.264. The molecule has 0 bridgehead atoms. The number of pyridine rings is 2. The molecular formula is C21H31N3O. The third kappa shape index (κ3) is 5.23. The van der Waals surface area contributed by atoms with Gasteiger partial charge in [0.25, 0.3) is 0 Å². The zero-order valence-corrected chi connectivity index (χ0v) is 15.9. The highest BCUT2D eigenvalue weighted by atomic mass is 16.5. The fraction of sp³-hybridized carbons (Fsp3) is 0.619. The molecule has 3 rings (SSSR count). The largest absolute Gasteiger partial charge is 0.377 e. The number of nitrogens with zero attached hydrogens (tertiary/aromatic N) is 3. The number of aryl methyl sites for hydroxylation is 1. The Hall–Kier alpha value is -1.52. The van der Waals surface area contributed by atoms with E-state index in [1.807, 2.05) is 6.07 Å². The maximum Gasteiger partial charge on any atom is 0.159 e. The lowest BCUT2D eigenvalue weighted by molar-refractivity contribution is 0.0469. The van der Waals surface area contributed by atoms with Gasteiger partial charge in [-0.2, -0.15) is 0 Å². The second-order valence-corrected chi connectivity index (χ2v) is 8.06. The van der Waals surface area contributed by atoms with Gasteiger partial charge in [-0.15, -0.1) is 0 Å². The second-order valence-electron chi connectivity index (χ2n) is 8.06. The summed E-state index contributed by atoms with van der Waals surface area (Å²) in [4.78, 5) is 11.5. The molecule has 1 fully saturated rings. The van der Waals surface area contributed by atoms with Gasteiger partial charge in [-0.3, -0.25) is 4.90 Å². The Morgan fingerprint density at radius 1 is 1.16 bits per heavy atom. The van der Waals surface area contributed by atoms with Crippen LogP contribution in [0.5, 0.6) is 0 Å². The fourth-order valence-corrected chi connectivity index (χ4v) is 3.44. The highest BCUT2D eigenvalue weighted by Gasteiger charge is 2.30. The van der Waals surface area contributed by atoms with Crippen LogP contribution in [0.15, 0.2) is 30.5 Å². The molecule has 0 N–H and O–H groups in total. The first-order valence-corrected chi connectivity index (χ1v) is 9.60. The highest BCUT2D eigenvalue weighted by Crippen LogP contribution is 2.22. The van der Waals surface area contributed by atoms with E-state index in [4.69, 9.17) is 4.74 Å². The molecule has 3 heterocycles. The van der Waals surface area contributed by atoms with E-state index >= 15 is 0 Å². The fourth-order valence-electron chi connectivity index (χ4n) is 3.44. The molecule has 0 aliphatic carbocycles. The average molecular weight is 341 g/mol. The van der Waals surface area contributed by atoms with Gasteiger partial charge in [-0.25, -0.2) is 9.97 Å². The Bertz CT molecular complexity index is 680. The van der Waals surface area contributed by atoms with Crippen molar-refractivity contribution in [1.82, 2.24) is 14.9 Å². The predicted octanol–water partition coefficient (Wildman–Crippen LogP) is 4.23. The van der Waals surface area contributed by atoms with Crippen LogP contribution in [0.25, 0.3) is 11.0 Å². The molecule has 2 aromatic rings. The molecule has 1 unspecified atom stereocenters. The lowest BCUT2D eigenvalue weighted by Gasteiger charge is -2.31. The maximum atomic E-state index is 6.07. The Morgan fingerprint density at radius 2 is 2.04 bits per heavy atom.